The maximum absolute atomic E-state index is 12.2. The van der Waals surface area contributed by atoms with Gasteiger partial charge in [0.1, 0.15) is 16.0 Å². The fourth-order valence-electron chi connectivity index (χ4n) is 3.43. The minimum absolute atomic E-state index is 0.185. The van der Waals surface area contributed by atoms with Crippen LogP contribution in [-0.2, 0) is 10.2 Å². The molecule has 3 atom stereocenters. The quantitative estimate of drug-likeness (QED) is 0.798. The van der Waals surface area contributed by atoms with E-state index in [-0.39, 0.29) is 12.0 Å². The number of piperidine rings is 1. The summed E-state index contributed by atoms with van der Waals surface area (Å²) < 4.78 is 5.45. The lowest BCUT2D eigenvalue weighted by molar-refractivity contribution is 0.0207. The van der Waals surface area contributed by atoms with Crippen molar-refractivity contribution in [2.24, 2.45) is 11.8 Å². The van der Waals surface area contributed by atoms with E-state index >= 15 is 0 Å². The van der Waals surface area contributed by atoms with Gasteiger partial charge in [-0.2, -0.15) is 5.26 Å². The van der Waals surface area contributed by atoms with Gasteiger partial charge in [-0.1, -0.05) is 0 Å². The summed E-state index contributed by atoms with van der Waals surface area (Å²) in [6.45, 7) is 8.80. The Hall–Kier alpha value is -1.61. The van der Waals surface area contributed by atoms with Crippen molar-refractivity contribution in [3.63, 3.8) is 0 Å². The van der Waals surface area contributed by atoms with Crippen molar-refractivity contribution in [3.05, 3.63) is 16.1 Å². The maximum atomic E-state index is 12.2. The highest BCUT2D eigenvalue weighted by Gasteiger charge is 2.69. The van der Waals surface area contributed by atoms with Crippen LogP contribution in [0.5, 0.6) is 0 Å². The van der Waals surface area contributed by atoms with E-state index in [9.17, 15) is 10.1 Å². The number of fused-ring (bicyclic) bond motifs is 1. The Labute approximate surface area is 134 Å². The molecule has 6 heteroatoms. The van der Waals surface area contributed by atoms with Crippen LogP contribution in [0, 0.1) is 30.1 Å². The highest BCUT2D eigenvalue weighted by Crippen LogP contribution is 2.63. The van der Waals surface area contributed by atoms with E-state index in [1.165, 1.54) is 0 Å². The first kappa shape index (κ1) is 15.3. The summed E-state index contributed by atoms with van der Waals surface area (Å²) in [7, 11) is 0. The summed E-state index contributed by atoms with van der Waals surface area (Å²) >= 11 is 1.56. The molecule has 1 saturated heterocycles. The van der Waals surface area contributed by atoms with Crippen molar-refractivity contribution in [3.8, 4) is 6.07 Å². The first-order valence-corrected chi connectivity index (χ1v) is 8.47. The van der Waals surface area contributed by atoms with Gasteiger partial charge in [-0.25, -0.2) is 9.78 Å². The van der Waals surface area contributed by atoms with Gasteiger partial charge in [0, 0.05) is 30.1 Å². The molecular weight excluding hydrogens is 298 g/mol. The molecular formula is C16H21N3O2S. The van der Waals surface area contributed by atoms with E-state index in [1.807, 2.05) is 33.1 Å². The van der Waals surface area contributed by atoms with Gasteiger partial charge >= 0.3 is 6.09 Å². The zero-order chi connectivity index (χ0) is 16.1. The third kappa shape index (κ3) is 2.38. The Kier molecular flexibility index (Phi) is 3.44. The van der Waals surface area contributed by atoms with Gasteiger partial charge in [-0.3, -0.25) is 0 Å². The largest absolute Gasteiger partial charge is 0.444 e. The predicted octanol–water partition coefficient (Wildman–Crippen LogP) is 3.10. The Bertz CT molecular complexity index is 643. The predicted molar refractivity (Wildman–Crippen MR) is 83.5 cm³/mol. The van der Waals surface area contributed by atoms with Crippen molar-refractivity contribution in [1.82, 2.24) is 9.88 Å². The first-order valence-electron chi connectivity index (χ1n) is 7.59. The monoisotopic (exact) mass is 319 g/mol. The average Bonchev–Trinajstić information content (AvgIpc) is 2.89. The molecule has 1 saturated carbocycles. The lowest BCUT2D eigenvalue weighted by Gasteiger charge is -2.29. The number of thiazole rings is 1. The van der Waals surface area contributed by atoms with Crippen LogP contribution >= 0.6 is 11.3 Å². The smallest absolute Gasteiger partial charge is 0.410 e. The minimum Gasteiger partial charge on any atom is -0.444 e. The van der Waals surface area contributed by atoms with Crippen molar-refractivity contribution in [1.29, 1.82) is 5.26 Å². The van der Waals surface area contributed by atoms with E-state index < -0.39 is 11.0 Å². The van der Waals surface area contributed by atoms with Crippen LogP contribution in [-0.4, -0.2) is 34.7 Å². The van der Waals surface area contributed by atoms with E-state index in [2.05, 4.69) is 11.1 Å². The van der Waals surface area contributed by atoms with Crippen LogP contribution < -0.4 is 0 Å². The van der Waals surface area contributed by atoms with Crippen molar-refractivity contribution in [2.45, 2.75) is 45.1 Å². The summed E-state index contributed by atoms with van der Waals surface area (Å²) in [4.78, 5) is 18.5. The average molecular weight is 319 g/mol. The standard InChI is InChI=1S/C16H21N3O2S/c1-10-8-22-13(18-10)16(9-17)11-5-6-19(7-12(11)16)14(20)21-15(2,3)4/h8,11-12H,5-7H2,1-4H3/t11-,12+,16+/m1/s1. The number of carbonyl (C=O) groups excluding carboxylic acids is 1. The molecule has 0 spiro atoms. The second kappa shape index (κ2) is 4.95. The number of aromatic nitrogens is 1. The van der Waals surface area contributed by atoms with Crippen molar-refractivity contribution in [2.75, 3.05) is 13.1 Å². The Morgan fingerprint density at radius 3 is 2.82 bits per heavy atom. The summed E-state index contributed by atoms with van der Waals surface area (Å²) in [5, 5.41) is 12.6. The van der Waals surface area contributed by atoms with Gasteiger partial charge in [0.2, 0.25) is 0 Å². The van der Waals surface area contributed by atoms with Gasteiger partial charge < -0.3 is 9.64 Å². The number of amides is 1. The number of carbonyl (C=O) groups is 1. The zero-order valence-electron chi connectivity index (χ0n) is 13.4. The van der Waals surface area contributed by atoms with Crippen molar-refractivity contribution < 1.29 is 9.53 Å². The van der Waals surface area contributed by atoms with Crippen LogP contribution in [0.3, 0.4) is 0 Å². The number of nitriles is 1. The molecule has 2 heterocycles. The van der Waals surface area contributed by atoms with Gasteiger partial charge in [-0.05, 0) is 40.0 Å². The van der Waals surface area contributed by atoms with Crippen molar-refractivity contribution >= 4 is 17.4 Å². The second-order valence-electron chi connectivity index (χ2n) is 7.20. The lowest BCUT2D eigenvalue weighted by Crippen LogP contribution is -2.40. The summed E-state index contributed by atoms with van der Waals surface area (Å²) in [6.07, 6.45) is 0.566. The fourth-order valence-corrected chi connectivity index (χ4v) is 4.50. The van der Waals surface area contributed by atoms with Crippen LogP contribution in [0.25, 0.3) is 0 Å². The number of aryl methyl sites for hydroxylation is 1. The second-order valence-corrected chi connectivity index (χ2v) is 8.06. The fraction of sp³-hybridized carbons (Fsp3) is 0.688. The molecule has 5 nitrogen and oxygen atoms in total. The summed E-state index contributed by atoms with van der Waals surface area (Å²) in [6, 6.07) is 2.50. The molecule has 3 rings (SSSR count). The third-order valence-electron chi connectivity index (χ3n) is 4.48. The summed E-state index contributed by atoms with van der Waals surface area (Å²) in [5.41, 5.74) is -0.0198. The van der Waals surface area contributed by atoms with Crippen LogP contribution in [0.15, 0.2) is 5.38 Å². The highest BCUT2D eigenvalue weighted by molar-refractivity contribution is 7.09. The SMILES string of the molecule is Cc1csc([C@@]2(C#N)[C@@H]3CCN(C(=O)OC(C)(C)C)C[C@@H]32)n1. The van der Waals surface area contributed by atoms with Crippen LogP contribution in [0.2, 0.25) is 0 Å². The number of nitrogens with zero attached hydrogens (tertiary/aromatic N) is 3. The first-order chi connectivity index (χ1) is 10.3. The molecule has 1 aromatic heterocycles. The normalized spacial score (nSPS) is 30.4. The molecule has 0 bridgehead atoms. The van der Waals surface area contributed by atoms with Gasteiger partial charge in [0.05, 0.1) is 6.07 Å². The minimum atomic E-state index is -0.490. The number of hydrogen-bond donors (Lipinski definition) is 0. The topological polar surface area (TPSA) is 66.2 Å². The lowest BCUT2D eigenvalue weighted by atomic mass is 10.0. The molecule has 2 aliphatic rings. The number of likely N-dealkylation sites (tertiary alicyclic amines) is 1. The molecule has 0 aromatic carbocycles. The molecule has 0 radical (unpaired) electrons. The molecule has 1 amide bonds. The van der Waals surface area contributed by atoms with E-state index in [0.29, 0.717) is 19.0 Å². The van der Waals surface area contributed by atoms with Gasteiger partial charge in [0.15, 0.2) is 0 Å². The molecule has 118 valence electrons. The molecule has 2 fully saturated rings. The zero-order valence-corrected chi connectivity index (χ0v) is 14.2. The highest BCUT2D eigenvalue weighted by atomic mass is 32.1. The Balaban J connectivity index is 1.75. The Morgan fingerprint density at radius 1 is 1.55 bits per heavy atom. The van der Waals surface area contributed by atoms with E-state index in [0.717, 1.165) is 17.1 Å². The molecule has 1 aliphatic heterocycles. The van der Waals surface area contributed by atoms with Crippen LogP contribution in [0.4, 0.5) is 4.79 Å². The van der Waals surface area contributed by atoms with Gasteiger partial charge in [0.25, 0.3) is 0 Å². The number of ether oxygens (including phenoxy) is 1. The molecule has 22 heavy (non-hydrogen) atoms. The summed E-state index contributed by atoms with van der Waals surface area (Å²) in [5.74, 6) is 0.506. The molecule has 1 aromatic rings. The Morgan fingerprint density at radius 2 is 2.27 bits per heavy atom. The molecule has 0 unspecified atom stereocenters. The van der Waals surface area contributed by atoms with Gasteiger partial charge in [-0.15, -0.1) is 11.3 Å². The number of rotatable bonds is 1. The third-order valence-corrected chi connectivity index (χ3v) is 5.59. The molecule has 1 aliphatic carbocycles. The van der Waals surface area contributed by atoms with E-state index in [4.69, 9.17) is 4.74 Å². The molecule has 0 N–H and O–H groups in total. The number of hydrogen-bond acceptors (Lipinski definition) is 5. The van der Waals surface area contributed by atoms with Crippen LogP contribution in [0.1, 0.15) is 37.9 Å². The van der Waals surface area contributed by atoms with E-state index in [1.54, 1.807) is 16.2 Å². The maximum Gasteiger partial charge on any atom is 0.410 e.